The quantitative estimate of drug-likeness (QED) is 0.608. The standard InChI is InChI=1S/C19H30/c1-2-14-3-5-18(4-1,9-14)13-19-10-15-6-16(11-19)8-17(7-15)12-19/h14-17H,1-13H2/t14-,15?,16?,17?,18-,19?/m0/s1. The molecule has 0 aromatic rings. The van der Waals surface area contributed by atoms with Crippen molar-refractivity contribution >= 4 is 0 Å². The fourth-order valence-corrected chi connectivity index (χ4v) is 8.12. The normalized spacial score (nSPS) is 58.7. The van der Waals surface area contributed by atoms with Crippen LogP contribution in [0.5, 0.6) is 0 Å². The van der Waals surface area contributed by atoms with Gasteiger partial charge in [0.2, 0.25) is 0 Å². The molecule has 0 nitrogen and oxygen atoms in total. The van der Waals surface area contributed by atoms with Gasteiger partial charge in [0.05, 0.1) is 0 Å². The predicted octanol–water partition coefficient (Wildman–Crippen LogP) is 5.56. The molecule has 0 N–H and O–H groups in total. The summed E-state index contributed by atoms with van der Waals surface area (Å²) in [4.78, 5) is 0. The maximum absolute atomic E-state index is 1.67. The van der Waals surface area contributed by atoms with Crippen LogP contribution in [0.4, 0.5) is 0 Å². The van der Waals surface area contributed by atoms with E-state index in [4.69, 9.17) is 0 Å². The minimum Gasteiger partial charge on any atom is -0.0525 e. The van der Waals surface area contributed by atoms with Crippen molar-refractivity contribution < 1.29 is 0 Å². The summed E-state index contributed by atoms with van der Waals surface area (Å²) in [6, 6.07) is 0. The molecule has 2 atom stereocenters. The smallest absolute Gasteiger partial charge is 0.0284 e. The van der Waals surface area contributed by atoms with Crippen molar-refractivity contribution in [3.8, 4) is 0 Å². The molecule has 19 heavy (non-hydrogen) atoms. The van der Waals surface area contributed by atoms with Crippen molar-refractivity contribution in [1.82, 2.24) is 0 Å². The fourth-order valence-electron chi connectivity index (χ4n) is 8.12. The van der Waals surface area contributed by atoms with E-state index in [1.165, 1.54) is 0 Å². The van der Waals surface area contributed by atoms with Crippen LogP contribution >= 0.6 is 0 Å². The lowest BCUT2D eigenvalue weighted by Crippen LogP contribution is -2.48. The van der Waals surface area contributed by atoms with Gasteiger partial charge in [0.15, 0.2) is 0 Å². The van der Waals surface area contributed by atoms with Gasteiger partial charge < -0.3 is 0 Å². The Kier molecular flexibility index (Phi) is 2.33. The molecule has 6 fully saturated rings. The third kappa shape index (κ3) is 1.77. The lowest BCUT2D eigenvalue weighted by molar-refractivity contribution is -0.0814. The third-order valence-electron chi connectivity index (χ3n) is 8.04. The van der Waals surface area contributed by atoms with Crippen molar-refractivity contribution in [1.29, 1.82) is 0 Å². The molecule has 0 radical (unpaired) electrons. The van der Waals surface area contributed by atoms with Gasteiger partial charge >= 0.3 is 0 Å². The van der Waals surface area contributed by atoms with E-state index in [0.29, 0.717) is 0 Å². The molecule has 6 rings (SSSR count). The van der Waals surface area contributed by atoms with Crippen LogP contribution in [-0.2, 0) is 0 Å². The van der Waals surface area contributed by atoms with Crippen molar-refractivity contribution in [2.75, 3.05) is 0 Å². The second-order valence-corrected chi connectivity index (χ2v) is 9.60. The first-order valence-electron chi connectivity index (χ1n) is 9.23. The Bertz CT molecular complexity index is 342. The molecule has 6 aliphatic rings. The Morgan fingerprint density at radius 1 is 0.632 bits per heavy atom. The molecule has 0 spiro atoms. The van der Waals surface area contributed by atoms with Crippen LogP contribution in [0, 0.1) is 34.5 Å². The Balaban J connectivity index is 1.41. The molecule has 0 amide bonds. The first-order valence-corrected chi connectivity index (χ1v) is 9.23. The SMILES string of the molecule is C1C[C@H]2CC[C@@](CC34CC5CC(CC(C5)C3)C4)(C1)C2. The largest absolute Gasteiger partial charge is 0.0525 e. The zero-order valence-electron chi connectivity index (χ0n) is 12.5. The van der Waals surface area contributed by atoms with Crippen LogP contribution in [-0.4, -0.2) is 0 Å². The molecular formula is C19H30. The van der Waals surface area contributed by atoms with E-state index in [9.17, 15) is 0 Å². The fraction of sp³-hybridized carbons (Fsp3) is 1.00. The van der Waals surface area contributed by atoms with Crippen molar-refractivity contribution in [3.63, 3.8) is 0 Å². The Labute approximate surface area is 118 Å². The van der Waals surface area contributed by atoms with Gasteiger partial charge in [-0.3, -0.25) is 0 Å². The molecule has 0 aromatic heterocycles. The van der Waals surface area contributed by atoms with Crippen molar-refractivity contribution in [2.45, 2.75) is 83.5 Å². The van der Waals surface area contributed by atoms with Gasteiger partial charge in [-0.05, 0) is 105 Å². The van der Waals surface area contributed by atoms with Gasteiger partial charge in [0, 0.05) is 0 Å². The summed E-state index contributed by atoms with van der Waals surface area (Å²) < 4.78 is 0. The van der Waals surface area contributed by atoms with Crippen LogP contribution in [0.3, 0.4) is 0 Å². The maximum atomic E-state index is 1.67. The lowest BCUT2D eigenvalue weighted by atomic mass is 9.46. The molecule has 0 aliphatic heterocycles. The zero-order valence-corrected chi connectivity index (χ0v) is 12.5. The highest BCUT2D eigenvalue weighted by Gasteiger charge is 2.54. The first kappa shape index (κ1) is 11.6. The molecular weight excluding hydrogens is 228 g/mol. The maximum Gasteiger partial charge on any atom is -0.0284 e. The van der Waals surface area contributed by atoms with Gasteiger partial charge in [0.25, 0.3) is 0 Å². The lowest BCUT2D eigenvalue weighted by Gasteiger charge is -2.59. The summed E-state index contributed by atoms with van der Waals surface area (Å²) >= 11 is 0. The van der Waals surface area contributed by atoms with Gasteiger partial charge in [-0.25, -0.2) is 0 Å². The Hall–Kier alpha value is 0. The summed E-state index contributed by atoms with van der Waals surface area (Å²) in [6.45, 7) is 0. The zero-order chi connectivity index (χ0) is 12.5. The number of fused-ring (bicyclic) bond motifs is 2. The topological polar surface area (TPSA) is 0 Å². The molecule has 0 unspecified atom stereocenters. The van der Waals surface area contributed by atoms with Crippen LogP contribution < -0.4 is 0 Å². The van der Waals surface area contributed by atoms with E-state index in [0.717, 1.165) is 34.5 Å². The van der Waals surface area contributed by atoms with Crippen molar-refractivity contribution in [3.05, 3.63) is 0 Å². The number of rotatable bonds is 2. The molecule has 0 heterocycles. The first-order chi connectivity index (χ1) is 9.23. The van der Waals surface area contributed by atoms with E-state index in [1.807, 2.05) is 0 Å². The van der Waals surface area contributed by atoms with E-state index < -0.39 is 0 Å². The van der Waals surface area contributed by atoms with Crippen molar-refractivity contribution in [2.24, 2.45) is 34.5 Å². The van der Waals surface area contributed by atoms with Crippen LogP contribution in [0.25, 0.3) is 0 Å². The van der Waals surface area contributed by atoms with Crippen LogP contribution in [0.15, 0.2) is 0 Å². The molecule has 6 bridgehead atoms. The van der Waals surface area contributed by atoms with Crippen LogP contribution in [0.1, 0.15) is 83.5 Å². The van der Waals surface area contributed by atoms with E-state index in [1.54, 1.807) is 83.5 Å². The summed E-state index contributed by atoms with van der Waals surface area (Å²) in [7, 11) is 0. The van der Waals surface area contributed by atoms with Gasteiger partial charge in [0.1, 0.15) is 0 Å². The van der Waals surface area contributed by atoms with E-state index in [2.05, 4.69) is 0 Å². The molecule has 6 saturated carbocycles. The minimum absolute atomic E-state index is 0.842. The second kappa shape index (κ2) is 3.80. The molecule has 0 saturated heterocycles. The average Bonchev–Trinajstić information content (AvgIpc) is 2.61. The molecule has 6 aliphatic carbocycles. The Morgan fingerprint density at radius 3 is 1.95 bits per heavy atom. The highest BCUT2D eigenvalue weighted by atomic mass is 14.6. The van der Waals surface area contributed by atoms with Gasteiger partial charge in [-0.15, -0.1) is 0 Å². The number of hydrogen-bond donors (Lipinski definition) is 0. The van der Waals surface area contributed by atoms with Gasteiger partial charge in [-0.2, -0.15) is 0 Å². The summed E-state index contributed by atoms with van der Waals surface area (Å²) in [5.41, 5.74) is 1.69. The predicted molar refractivity (Wildman–Crippen MR) is 78.8 cm³/mol. The summed E-state index contributed by atoms with van der Waals surface area (Å²) in [6.07, 6.45) is 21.0. The number of hydrogen-bond acceptors (Lipinski definition) is 0. The van der Waals surface area contributed by atoms with Gasteiger partial charge in [-0.1, -0.05) is 12.8 Å². The molecule has 0 aromatic carbocycles. The highest BCUT2D eigenvalue weighted by Crippen LogP contribution is 2.66. The minimum atomic E-state index is 0.842. The van der Waals surface area contributed by atoms with E-state index in [-0.39, 0.29) is 0 Å². The average molecular weight is 258 g/mol. The Morgan fingerprint density at radius 2 is 1.26 bits per heavy atom. The van der Waals surface area contributed by atoms with E-state index >= 15 is 0 Å². The second-order valence-electron chi connectivity index (χ2n) is 9.60. The third-order valence-corrected chi connectivity index (χ3v) is 8.04. The molecule has 106 valence electrons. The monoisotopic (exact) mass is 258 g/mol. The molecule has 0 heteroatoms. The summed E-state index contributed by atoms with van der Waals surface area (Å²) in [5.74, 6) is 4.61. The van der Waals surface area contributed by atoms with Crippen LogP contribution in [0.2, 0.25) is 0 Å². The highest BCUT2D eigenvalue weighted by molar-refractivity contribution is 5.05. The summed E-state index contributed by atoms with van der Waals surface area (Å²) in [5, 5.41) is 0.